The molecule has 0 saturated carbocycles. The molecule has 1 amide bonds. The van der Waals surface area contributed by atoms with Gasteiger partial charge in [-0.2, -0.15) is 5.10 Å². The third-order valence-corrected chi connectivity index (χ3v) is 3.36. The molecule has 1 atom stereocenters. The first-order chi connectivity index (χ1) is 9.83. The van der Waals surface area contributed by atoms with Gasteiger partial charge in [-0.25, -0.2) is 4.68 Å². The second-order valence-electron chi connectivity index (χ2n) is 4.83. The fraction of sp³-hybridized carbons (Fsp3) is 0.333. The lowest BCUT2D eigenvalue weighted by molar-refractivity contribution is 0.0853. The summed E-state index contributed by atoms with van der Waals surface area (Å²) in [6, 6.07) is 11.4. The minimum absolute atomic E-state index is 0.148. The number of nitrogens with zero attached hydrogens (tertiary/aromatic N) is 2. The smallest absolute Gasteiger partial charge is 0.271 e. The van der Waals surface area contributed by atoms with Crippen molar-refractivity contribution in [1.29, 1.82) is 0 Å². The lowest BCUT2D eigenvalue weighted by atomic mass is 10.2. The van der Waals surface area contributed by atoms with Crippen LogP contribution in [0.25, 0.3) is 5.69 Å². The number of aromatic nitrogens is 2. The molecule has 0 radical (unpaired) electrons. The van der Waals surface area contributed by atoms with Gasteiger partial charge in [-0.3, -0.25) is 4.79 Å². The summed E-state index contributed by atoms with van der Waals surface area (Å²) in [7, 11) is 0. The third kappa shape index (κ3) is 2.88. The average Bonchev–Trinajstić information content (AvgIpc) is 3.17. The summed E-state index contributed by atoms with van der Waals surface area (Å²) in [5.41, 5.74) is 1.36. The van der Waals surface area contributed by atoms with E-state index in [1.54, 1.807) is 16.9 Å². The highest BCUT2D eigenvalue weighted by molar-refractivity contribution is 5.92. The maximum absolute atomic E-state index is 12.0. The Kier molecular flexibility index (Phi) is 3.78. The standard InChI is InChI=1S/C15H17N3O2/c19-15(16-11-13-7-4-10-20-13)14-8-9-18(17-14)12-5-2-1-3-6-12/h1-3,5-6,8-9,13H,4,7,10-11H2,(H,16,19)/t13-/m0/s1. The maximum atomic E-state index is 12.0. The van der Waals surface area contributed by atoms with Gasteiger partial charge in [0, 0.05) is 19.3 Å². The Morgan fingerprint density at radius 2 is 2.20 bits per heavy atom. The van der Waals surface area contributed by atoms with Crippen LogP contribution in [0.15, 0.2) is 42.6 Å². The molecule has 1 aromatic heterocycles. The maximum Gasteiger partial charge on any atom is 0.271 e. The summed E-state index contributed by atoms with van der Waals surface area (Å²) < 4.78 is 7.17. The van der Waals surface area contributed by atoms with Gasteiger partial charge in [0.15, 0.2) is 5.69 Å². The zero-order valence-electron chi connectivity index (χ0n) is 11.2. The predicted octanol–water partition coefficient (Wildman–Crippen LogP) is 1.78. The summed E-state index contributed by atoms with van der Waals surface area (Å²) in [5.74, 6) is -0.157. The van der Waals surface area contributed by atoms with E-state index >= 15 is 0 Å². The normalized spacial score (nSPS) is 18.1. The first kappa shape index (κ1) is 12.9. The number of carbonyl (C=O) groups excluding carboxylic acids is 1. The second-order valence-corrected chi connectivity index (χ2v) is 4.83. The van der Waals surface area contributed by atoms with Crippen LogP contribution in [0.4, 0.5) is 0 Å². The van der Waals surface area contributed by atoms with E-state index in [0.29, 0.717) is 12.2 Å². The summed E-state index contributed by atoms with van der Waals surface area (Å²) in [5, 5.41) is 7.16. The molecule has 0 bridgehead atoms. The molecule has 1 saturated heterocycles. The minimum Gasteiger partial charge on any atom is -0.376 e. The number of ether oxygens (including phenoxy) is 1. The fourth-order valence-corrected chi connectivity index (χ4v) is 2.27. The summed E-state index contributed by atoms with van der Waals surface area (Å²) in [6.07, 6.45) is 4.02. The Labute approximate surface area is 117 Å². The van der Waals surface area contributed by atoms with Crippen LogP contribution in [0.3, 0.4) is 0 Å². The molecule has 1 aliphatic rings. The van der Waals surface area contributed by atoms with Crippen LogP contribution in [-0.2, 0) is 4.74 Å². The monoisotopic (exact) mass is 271 g/mol. The van der Waals surface area contributed by atoms with Crippen LogP contribution in [0, 0.1) is 0 Å². The van der Waals surface area contributed by atoms with E-state index in [9.17, 15) is 4.79 Å². The molecule has 1 fully saturated rings. The number of hydrogen-bond donors (Lipinski definition) is 1. The minimum atomic E-state index is -0.157. The fourth-order valence-electron chi connectivity index (χ4n) is 2.27. The van der Waals surface area contributed by atoms with Crippen LogP contribution in [0.1, 0.15) is 23.3 Å². The van der Waals surface area contributed by atoms with E-state index in [0.717, 1.165) is 25.1 Å². The molecule has 1 N–H and O–H groups in total. The Hall–Kier alpha value is -2.14. The highest BCUT2D eigenvalue weighted by atomic mass is 16.5. The van der Waals surface area contributed by atoms with E-state index in [-0.39, 0.29) is 12.0 Å². The Bertz CT molecular complexity index is 574. The summed E-state index contributed by atoms with van der Waals surface area (Å²) >= 11 is 0. The number of benzene rings is 1. The number of carbonyl (C=O) groups is 1. The molecule has 0 spiro atoms. The molecule has 20 heavy (non-hydrogen) atoms. The molecule has 2 heterocycles. The Morgan fingerprint density at radius 1 is 1.35 bits per heavy atom. The van der Waals surface area contributed by atoms with E-state index in [2.05, 4.69) is 10.4 Å². The molecule has 5 heteroatoms. The van der Waals surface area contributed by atoms with Crippen molar-refractivity contribution < 1.29 is 9.53 Å². The van der Waals surface area contributed by atoms with Crippen LogP contribution in [-0.4, -0.2) is 34.9 Å². The lowest BCUT2D eigenvalue weighted by Gasteiger charge is -2.09. The van der Waals surface area contributed by atoms with Crippen LogP contribution < -0.4 is 5.32 Å². The second kappa shape index (κ2) is 5.88. The van der Waals surface area contributed by atoms with Gasteiger partial charge in [0.1, 0.15) is 0 Å². The Morgan fingerprint density at radius 3 is 2.95 bits per heavy atom. The highest BCUT2D eigenvalue weighted by Crippen LogP contribution is 2.11. The van der Waals surface area contributed by atoms with Gasteiger partial charge in [0.2, 0.25) is 0 Å². The SMILES string of the molecule is O=C(NC[C@@H]1CCCO1)c1ccn(-c2ccccc2)n1. The van der Waals surface area contributed by atoms with Crippen LogP contribution in [0.2, 0.25) is 0 Å². The van der Waals surface area contributed by atoms with E-state index in [1.165, 1.54) is 0 Å². The van der Waals surface area contributed by atoms with Crippen LogP contribution >= 0.6 is 0 Å². The summed E-state index contributed by atoms with van der Waals surface area (Å²) in [6.45, 7) is 1.35. The van der Waals surface area contributed by atoms with E-state index in [1.807, 2.05) is 30.3 Å². The first-order valence-corrected chi connectivity index (χ1v) is 6.84. The molecular formula is C15H17N3O2. The van der Waals surface area contributed by atoms with Crippen LogP contribution in [0.5, 0.6) is 0 Å². The van der Waals surface area contributed by atoms with E-state index < -0.39 is 0 Å². The molecule has 0 aliphatic carbocycles. The van der Waals surface area contributed by atoms with Crippen molar-refractivity contribution in [3.63, 3.8) is 0 Å². The number of amides is 1. The van der Waals surface area contributed by atoms with Gasteiger partial charge in [-0.05, 0) is 31.0 Å². The molecular weight excluding hydrogens is 254 g/mol. The number of rotatable bonds is 4. The molecule has 104 valence electrons. The zero-order chi connectivity index (χ0) is 13.8. The van der Waals surface area contributed by atoms with Crippen molar-refractivity contribution in [2.75, 3.05) is 13.2 Å². The van der Waals surface area contributed by atoms with Crippen molar-refractivity contribution in [2.45, 2.75) is 18.9 Å². The Balaban J connectivity index is 1.62. The van der Waals surface area contributed by atoms with Gasteiger partial charge in [-0.1, -0.05) is 18.2 Å². The lowest BCUT2D eigenvalue weighted by Crippen LogP contribution is -2.32. The molecule has 5 nitrogen and oxygen atoms in total. The first-order valence-electron chi connectivity index (χ1n) is 6.84. The van der Waals surface area contributed by atoms with Crippen molar-refractivity contribution in [3.05, 3.63) is 48.3 Å². The van der Waals surface area contributed by atoms with Gasteiger partial charge < -0.3 is 10.1 Å². The van der Waals surface area contributed by atoms with Crippen molar-refractivity contribution in [3.8, 4) is 5.69 Å². The van der Waals surface area contributed by atoms with Crippen molar-refractivity contribution in [2.24, 2.45) is 0 Å². The zero-order valence-corrected chi connectivity index (χ0v) is 11.2. The van der Waals surface area contributed by atoms with Gasteiger partial charge >= 0.3 is 0 Å². The molecule has 3 rings (SSSR count). The van der Waals surface area contributed by atoms with Crippen molar-refractivity contribution >= 4 is 5.91 Å². The van der Waals surface area contributed by atoms with Gasteiger partial charge in [-0.15, -0.1) is 0 Å². The van der Waals surface area contributed by atoms with E-state index in [4.69, 9.17) is 4.74 Å². The number of para-hydroxylation sites is 1. The topological polar surface area (TPSA) is 56.1 Å². The average molecular weight is 271 g/mol. The quantitative estimate of drug-likeness (QED) is 0.922. The predicted molar refractivity (Wildman–Crippen MR) is 74.9 cm³/mol. The third-order valence-electron chi connectivity index (χ3n) is 3.36. The molecule has 1 aliphatic heterocycles. The largest absolute Gasteiger partial charge is 0.376 e. The molecule has 1 aromatic carbocycles. The van der Waals surface area contributed by atoms with Gasteiger partial charge in [0.05, 0.1) is 11.8 Å². The number of hydrogen-bond acceptors (Lipinski definition) is 3. The molecule has 0 unspecified atom stereocenters. The summed E-state index contributed by atoms with van der Waals surface area (Å²) in [4.78, 5) is 12.0. The molecule has 2 aromatic rings. The number of nitrogens with one attached hydrogen (secondary N) is 1. The van der Waals surface area contributed by atoms with Crippen molar-refractivity contribution in [1.82, 2.24) is 15.1 Å². The van der Waals surface area contributed by atoms with Gasteiger partial charge in [0.25, 0.3) is 5.91 Å². The highest BCUT2D eigenvalue weighted by Gasteiger charge is 2.17.